The molecule has 3 heterocycles. The zero-order valence-electron chi connectivity index (χ0n) is 74.0. The number of fused-ring (bicyclic) bond motifs is 1. The molecule has 0 aliphatic carbocycles. The summed E-state index contributed by atoms with van der Waals surface area (Å²) in [4.78, 5) is 103. The van der Waals surface area contributed by atoms with Crippen LogP contribution in [0.5, 0.6) is 6.01 Å². The molecule has 1 aromatic carbocycles. The molecule has 2 N–H and O–H groups in total. The summed E-state index contributed by atoms with van der Waals surface area (Å²) >= 11 is 0. The number of carbonyl (C=O) groups excluding carboxylic acids is 5. The van der Waals surface area contributed by atoms with Crippen LogP contribution in [0, 0.1) is 0 Å². The van der Waals surface area contributed by atoms with Crippen molar-refractivity contribution in [1.29, 1.82) is 0 Å². The summed E-state index contributed by atoms with van der Waals surface area (Å²) in [6, 6.07) is 7.69. The number of hydrogen-bond acceptors (Lipinski definition) is 19. The van der Waals surface area contributed by atoms with Crippen LogP contribution in [0.2, 0.25) is 0 Å². The predicted molar refractivity (Wildman–Crippen MR) is 469 cm³/mol. The van der Waals surface area contributed by atoms with E-state index in [-0.39, 0.29) is 47.3 Å². The van der Waals surface area contributed by atoms with Crippen molar-refractivity contribution < 1.29 is 52.4 Å². The number of imidazole rings is 1. The molecule has 22 heteroatoms. The monoisotopic (exact) mass is 1620 g/mol. The van der Waals surface area contributed by atoms with Gasteiger partial charge in [-0.25, -0.2) is 9.59 Å². The average Bonchev–Trinajstić information content (AvgIpc) is 1.64. The highest BCUT2D eigenvalue weighted by molar-refractivity contribution is 5.97. The number of morpholine rings is 1. The second kappa shape index (κ2) is 70.3. The molecule has 115 heavy (non-hydrogen) atoms. The van der Waals surface area contributed by atoms with Gasteiger partial charge in [-0.1, -0.05) is 245 Å². The second-order valence-electron chi connectivity index (χ2n) is 33.0. The second-order valence-corrected chi connectivity index (χ2v) is 33.0. The van der Waals surface area contributed by atoms with E-state index < -0.39 is 0 Å². The van der Waals surface area contributed by atoms with Crippen molar-refractivity contribution in [2.24, 2.45) is 0 Å². The Labute approximate surface area is 697 Å². The number of H-pyrrole nitrogens is 1. The van der Waals surface area contributed by atoms with Crippen molar-refractivity contribution in [2.45, 2.75) is 362 Å². The van der Waals surface area contributed by atoms with Crippen molar-refractivity contribution in [1.82, 2.24) is 44.0 Å². The average molecular weight is 1620 g/mol. The first kappa shape index (κ1) is 102. The first-order valence-corrected chi connectivity index (χ1v) is 47.1. The van der Waals surface area contributed by atoms with Gasteiger partial charge in [-0.2, -0.15) is 9.97 Å². The number of aromatic amines is 1. The van der Waals surface area contributed by atoms with Crippen LogP contribution in [-0.4, -0.2) is 213 Å². The van der Waals surface area contributed by atoms with Crippen LogP contribution < -0.4 is 15.7 Å². The first-order valence-electron chi connectivity index (χ1n) is 47.1. The van der Waals surface area contributed by atoms with Gasteiger partial charge in [0.05, 0.1) is 52.3 Å². The summed E-state index contributed by atoms with van der Waals surface area (Å²) in [5.74, 6) is -0.440. The number of unbranched alkanes of at least 4 members (excludes halogenated alkanes) is 36. The van der Waals surface area contributed by atoms with Crippen molar-refractivity contribution in [3.63, 3.8) is 0 Å². The number of likely N-dealkylation sites (N-methyl/N-ethyl adjacent to an activating group) is 1. The molecule has 0 spiro atoms. The first-order chi connectivity index (χ1) is 56.3. The third-order valence-corrected chi connectivity index (χ3v) is 22.6. The highest BCUT2D eigenvalue weighted by Crippen LogP contribution is 2.24. The smallest absolute Gasteiger partial charge is 0.337 e. The lowest BCUT2D eigenvalue weighted by atomic mass is 10.1. The normalized spacial score (nSPS) is 12.6. The van der Waals surface area contributed by atoms with Gasteiger partial charge in [0.1, 0.15) is 5.52 Å². The Morgan fingerprint density at radius 1 is 0.452 bits per heavy atom. The van der Waals surface area contributed by atoms with Gasteiger partial charge in [0.15, 0.2) is 11.5 Å². The summed E-state index contributed by atoms with van der Waals surface area (Å²) in [7, 11) is 3.67. The topological polar surface area (TPSA) is 233 Å². The van der Waals surface area contributed by atoms with Gasteiger partial charge in [-0.05, 0) is 154 Å². The Morgan fingerprint density at radius 2 is 0.861 bits per heavy atom. The number of anilines is 1. The molecule has 1 amide bonds. The van der Waals surface area contributed by atoms with Gasteiger partial charge in [-0.3, -0.25) is 33.5 Å². The number of amides is 1. The van der Waals surface area contributed by atoms with Crippen molar-refractivity contribution in [3.05, 3.63) is 45.9 Å². The molecule has 1 saturated heterocycles. The molecule has 660 valence electrons. The fourth-order valence-electron chi connectivity index (χ4n) is 15.2. The van der Waals surface area contributed by atoms with Crippen LogP contribution >= 0.6 is 0 Å². The van der Waals surface area contributed by atoms with Gasteiger partial charge in [0.2, 0.25) is 5.91 Å². The number of rotatable bonds is 79. The quantitative estimate of drug-likeness (QED) is 0.0304. The van der Waals surface area contributed by atoms with Crippen molar-refractivity contribution >= 4 is 46.8 Å². The third-order valence-electron chi connectivity index (χ3n) is 22.6. The molecule has 0 radical (unpaired) electrons. The molecule has 4 rings (SSSR count). The van der Waals surface area contributed by atoms with Gasteiger partial charge in [-0.15, -0.1) is 0 Å². The minimum Gasteiger partial charge on any atom is -0.466 e. The van der Waals surface area contributed by atoms with Gasteiger partial charge >= 0.3 is 35.6 Å². The Bertz CT molecular complexity index is 2910. The number of aryl methyl sites for hydroxylation is 1. The molecular weight excluding hydrogens is 1450 g/mol. The molecule has 1 aliphatic rings. The number of benzene rings is 1. The summed E-state index contributed by atoms with van der Waals surface area (Å²) < 4.78 is 35.0. The lowest BCUT2D eigenvalue weighted by molar-refractivity contribution is -0.144. The SMILES string of the molecule is CCCCCCCCCOC(=O)CCCCCCCCN(CCCCCCCCC(=O)OCCCCCCCCC)CCN(C)CCN(CCCCCCCCC(=O)OCCCCCCCCC)CCCCCC(=O)Nc1nc(OCCCC)nc2c1[nH]c(=O)n2CCCN(CCCN1CCOCC1)Cc1cccc(C(=O)OC)c1. The number of esters is 4. The van der Waals surface area contributed by atoms with E-state index >= 15 is 0 Å². The lowest BCUT2D eigenvalue weighted by Gasteiger charge is -2.28. The fourth-order valence-corrected chi connectivity index (χ4v) is 15.2. The van der Waals surface area contributed by atoms with Crippen LogP contribution in [-0.2, 0) is 56.0 Å². The molecule has 3 aromatic rings. The zero-order valence-corrected chi connectivity index (χ0v) is 74.0. The Morgan fingerprint density at radius 3 is 1.32 bits per heavy atom. The van der Waals surface area contributed by atoms with Gasteiger partial charge < -0.3 is 53.4 Å². The summed E-state index contributed by atoms with van der Waals surface area (Å²) in [6.45, 7) is 25.8. The van der Waals surface area contributed by atoms with E-state index in [1.165, 1.54) is 142 Å². The Balaban J connectivity index is 1.33. The van der Waals surface area contributed by atoms with E-state index in [1.807, 2.05) is 18.2 Å². The Hall–Kier alpha value is -5.52. The molecular formula is C93H166N10O12. The van der Waals surface area contributed by atoms with Crippen LogP contribution in [0.25, 0.3) is 11.2 Å². The number of carbonyl (C=O) groups is 5. The minimum atomic E-state index is -0.371. The van der Waals surface area contributed by atoms with E-state index in [0.717, 1.165) is 245 Å². The largest absolute Gasteiger partial charge is 0.466 e. The van der Waals surface area contributed by atoms with Crippen LogP contribution in [0.1, 0.15) is 365 Å². The zero-order chi connectivity index (χ0) is 82.5. The molecule has 0 saturated carbocycles. The van der Waals surface area contributed by atoms with Crippen LogP contribution in [0.15, 0.2) is 29.1 Å². The number of ether oxygens (including phenoxy) is 6. The standard InChI is InChI=1S/C93H166N10O12/c1-7-11-15-18-27-36-48-75-112-85(105)57-41-30-21-24-33-44-60-99(61-45-34-25-22-31-42-58-86(106)113-76-49-37-28-19-16-12-8-2)70-68-98(5)69-71-100(62-46-35-26-23-32-43-59-87(107)114-77-50-38-29-20-17-13-9-3)63-47-39-40-56-84(104)94-89-88-90(97-92(96-89)115-74-14-10-4)103(93(109)95-88)67-53-66-102(65-52-64-101-72-78-111-79-73-101)81-82-54-51-55-83(80-82)91(108)110-6/h51,54-55,80H,7-50,52-53,56-79,81H2,1-6H3,(H,95,109)(H,94,96,97,104). The fraction of sp³-hybridized carbons (Fsp3) is 0.828. The highest BCUT2D eigenvalue weighted by atomic mass is 16.5. The minimum absolute atomic E-state index is 0.0381. The van der Waals surface area contributed by atoms with Crippen LogP contribution in [0.3, 0.4) is 0 Å². The van der Waals surface area contributed by atoms with Gasteiger partial charge in [0.25, 0.3) is 0 Å². The number of hydrogen-bond donors (Lipinski definition) is 2. The van der Waals surface area contributed by atoms with E-state index in [1.54, 1.807) is 10.6 Å². The van der Waals surface area contributed by atoms with Crippen molar-refractivity contribution in [3.8, 4) is 6.01 Å². The van der Waals surface area contributed by atoms with E-state index in [2.05, 4.69) is 74.5 Å². The van der Waals surface area contributed by atoms with E-state index in [0.29, 0.717) is 101 Å². The van der Waals surface area contributed by atoms with Crippen molar-refractivity contribution in [2.75, 3.05) is 144 Å². The molecule has 0 bridgehead atoms. The maximum Gasteiger partial charge on any atom is 0.337 e. The summed E-state index contributed by atoms with van der Waals surface area (Å²) in [5.41, 5.74) is 1.95. The molecule has 1 aliphatic heterocycles. The van der Waals surface area contributed by atoms with Gasteiger partial charge in [0, 0.05) is 84.6 Å². The summed E-state index contributed by atoms with van der Waals surface area (Å²) in [5, 5.41) is 3.05. The molecule has 1 fully saturated rings. The predicted octanol–water partition coefficient (Wildman–Crippen LogP) is 19.8. The highest BCUT2D eigenvalue weighted by Gasteiger charge is 2.21. The maximum absolute atomic E-state index is 13.9. The number of methoxy groups -OCH3 is 1. The lowest BCUT2D eigenvalue weighted by Crippen LogP contribution is -2.39. The van der Waals surface area contributed by atoms with E-state index in [9.17, 15) is 28.8 Å². The summed E-state index contributed by atoms with van der Waals surface area (Å²) in [6.07, 6.45) is 53.0. The number of nitrogens with one attached hydrogen (secondary N) is 2. The molecule has 22 nitrogen and oxygen atoms in total. The van der Waals surface area contributed by atoms with E-state index in [4.69, 9.17) is 33.4 Å². The number of nitrogens with zero attached hydrogens (tertiary/aromatic N) is 8. The molecule has 0 unspecified atom stereocenters. The Kier molecular flexibility index (Phi) is 62.3. The molecule has 2 aromatic heterocycles. The number of aromatic nitrogens is 4. The molecule has 0 atom stereocenters. The third kappa shape index (κ3) is 52.9. The van der Waals surface area contributed by atoms with Crippen LogP contribution in [0.4, 0.5) is 5.82 Å². The maximum atomic E-state index is 13.9.